The van der Waals surface area contributed by atoms with E-state index in [1.165, 1.54) is 34.8 Å². The third-order valence-electron chi connectivity index (χ3n) is 8.98. The average molecular weight is 651 g/mol. The van der Waals surface area contributed by atoms with Gasteiger partial charge >= 0.3 is 0 Å². The van der Waals surface area contributed by atoms with Crippen molar-refractivity contribution in [2.45, 2.75) is 44.9 Å². The molecule has 5 rings (SSSR count). The Balaban J connectivity index is 1.18. The summed E-state index contributed by atoms with van der Waals surface area (Å²) in [6, 6.07) is 32.9. The average Bonchev–Trinajstić information content (AvgIpc) is 3.13. The van der Waals surface area contributed by atoms with Gasteiger partial charge in [-0.15, -0.1) is 0 Å². The van der Waals surface area contributed by atoms with Gasteiger partial charge in [-0.25, -0.2) is 0 Å². The van der Waals surface area contributed by atoms with E-state index in [1.807, 2.05) is 0 Å². The number of carbonyl (C=O) groups excluding carboxylic acids is 2. The van der Waals surface area contributed by atoms with Crippen LogP contribution in [0.2, 0.25) is 0 Å². The van der Waals surface area contributed by atoms with Crippen molar-refractivity contribution in [3.63, 3.8) is 0 Å². The molecule has 1 N–H and O–H groups in total. The number of allylic oxidation sites excluding steroid dienone is 2. The van der Waals surface area contributed by atoms with Gasteiger partial charge < -0.3 is 19.5 Å². The summed E-state index contributed by atoms with van der Waals surface area (Å²) in [5.74, 6) is 2.35. The number of Topliss-reactive ketones (excluding diaryl/α,β-unsaturated/α-hetero) is 1. The highest BCUT2D eigenvalue weighted by atomic mass is 31.2. The molecule has 47 heavy (non-hydrogen) atoms. The minimum atomic E-state index is -1.99. The van der Waals surface area contributed by atoms with Crippen LogP contribution >= 0.6 is 7.26 Å². The molecule has 1 aliphatic carbocycles. The molecule has 6 nitrogen and oxygen atoms in total. The van der Waals surface area contributed by atoms with Gasteiger partial charge in [0.25, 0.3) is 0 Å². The van der Waals surface area contributed by atoms with Gasteiger partial charge in [0.05, 0.1) is 33.2 Å². The molecule has 0 spiro atoms. The molecule has 244 valence electrons. The first-order valence-electron chi connectivity index (χ1n) is 16.5. The fourth-order valence-corrected chi connectivity index (χ4v) is 10.7. The Morgan fingerprint density at radius 1 is 0.532 bits per heavy atom. The molecule has 0 unspecified atom stereocenters. The van der Waals surface area contributed by atoms with E-state index in [-0.39, 0.29) is 11.6 Å². The highest BCUT2D eigenvalue weighted by Crippen LogP contribution is 2.56. The number of fused-ring (bicyclic) bond motifs is 1. The second kappa shape index (κ2) is 16.4. The molecule has 0 aromatic heterocycles. The first kappa shape index (κ1) is 33.9. The summed E-state index contributed by atoms with van der Waals surface area (Å²) in [6.07, 6.45) is 10.3. The Morgan fingerprint density at radius 3 is 1.43 bits per heavy atom. The van der Waals surface area contributed by atoms with Crippen LogP contribution in [0.1, 0.15) is 65.7 Å². The van der Waals surface area contributed by atoms with E-state index in [0.29, 0.717) is 23.4 Å². The lowest BCUT2D eigenvalue weighted by atomic mass is 9.93. The predicted molar refractivity (Wildman–Crippen MR) is 193 cm³/mol. The summed E-state index contributed by atoms with van der Waals surface area (Å²) in [7, 11) is 3.13. The number of unbranched alkanes of at least 4 members (excludes halogenated alkanes) is 6. The van der Waals surface area contributed by atoms with Crippen LogP contribution in [0.3, 0.4) is 0 Å². The molecule has 0 heterocycles. The monoisotopic (exact) mass is 650 g/mol. The molecule has 0 saturated carbocycles. The van der Waals surface area contributed by atoms with Crippen LogP contribution in [0.15, 0.2) is 109 Å². The Bertz CT molecular complexity index is 1550. The maximum absolute atomic E-state index is 12.8. The Labute approximate surface area is 279 Å². The number of methoxy groups -OCH3 is 3. The van der Waals surface area contributed by atoms with Crippen LogP contribution in [0, 0.1) is 0 Å². The molecule has 4 aromatic carbocycles. The molecular weight excluding hydrogens is 605 g/mol. The van der Waals surface area contributed by atoms with Gasteiger partial charge in [0.15, 0.2) is 5.78 Å². The van der Waals surface area contributed by atoms with Gasteiger partial charge in [-0.1, -0.05) is 49.9 Å². The van der Waals surface area contributed by atoms with Gasteiger partial charge in [-0.3, -0.25) is 9.59 Å². The van der Waals surface area contributed by atoms with Crippen LogP contribution in [-0.4, -0.2) is 45.6 Å². The van der Waals surface area contributed by atoms with E-state index < -0.39 is 7.26 Å². The minimum Gasteiger partial charge on any atom is -0.497 e. The van der Waals surface area contributed by atoms with E-state index in [2.05, 4.69) is 78.1 Å². The fraction of sp³-hybridized carbons (Fsp3) is 0.300. The maximum Gasteiger partial charge on any atom is 0.209 e. The van der Waals surface area contributed by atoms with Gasteiger partial charge in [-0.2, -0.15) is 0 Å². The molecule has 0 bridgehead atoms. The highest BCUT2D eigenvalue weighted by Gasteiger charge is 2.45. The maximum atomic E-state index is 12.8. The van der Waals surface area contributed by atoms with Gasteiger partial charge in [0.1, 0.15) is 40.4 Å². The Hall–Kier alpha value is -4.41. The SMILES string of the molecule is COc1ccc([P+](CCCCCCCCCNC2=CC(=O)c3ccccc3C2=O)(c2ccc(OC)cc2)c2ccc(OC)cc2)cc1. The summed E-state index contributed by atoms with van der Waals surface area (Å²) < 4.78 is 16.5. The molecule has 0 amide bonds. The Kier molecular flexibility index (Phi) is 11.9. The lowest BCUT2D eigenvalue weighted by Gasteiger charge is -2.28. The topological polar surface area (TPSA) is 73.9 Å². The van der Waals surface area contributed by atoms with E-state index in [1.54, 1.807) is 45.6 Å². The summed E-state index contributed by atoms with van der Waals surface area (Å²) >= 11 is 0. The number of ether oxygens (including phenoxy) is 3. The molecule has 7 heteroatoms. The van der Waals surface area contributed by atoms with Gasteiger partial charge in [-0.05, 0) is 92.1 Å². The lowest BCUT2D eigenvalue weighted by molar-refractivity contribution is 0.0978. The fourth-order valence-electron chi connectivity index (χ4n) is 6.37. The number of rotatable bonds is 17. The van der Waals surface area contributed by atoms with E-state index in [0.717, 1.165) is 55.5 Å². The Morgan fingerprint density at radius 2 is 0.957 bits per heavy atom. The molecule has 0 radical (unpaired) electrons. The number of nitrogens with one attached hydrogen (secondary N) is 1. The van der Waals surface area contributed by atoms with Crippen LogP contribution in [0.25, 0.3) is 0 Å². The third-order valence-corrected chi connectivity index (χ3v) is 13.5. The summed E-state index contributed by atoms with van der Waals surface area (Å²) in [6.45, 7) is 0.686. The van der Waals surface area contributed by atoms with Crippen LogP contribution < -0.4 is 35.4 Å². The van der Waals surface area contributed by atoms with Gasteiger partial charge in [0, 0.05) is 23.7 Å². The van der Waals surface area contributed by atoms with Crippen molar-refractivity contribution < 1.29 is 23.8 Å². The highest BCUT2D eigenvalue weighted by molar-refractivity contribution is 7.95. The quantitative estimate of drug-likeness (QED) is 0.0956. The van der Waals surface area contributed by atoms with Crippen LogP contribution in [0.4, 0.5) is 0 Å². The zero-order valence-corrected chi connectivity index (χ0v) is 28.6. The molecule has 4 aromatic rings. The van der Waals surface area contributed by atoms with Crippen molar-refractivity contribution in [3.05, 3.63) is 120 Å². The normalized spacial score (nSPS) is 12.7. The van der Waals surface area contributed by atoms with E-state index >= 15 is 0 Å². The lowest BCUT2D eigenvalue weighted by Crippen LogP contribution is -2.33. The van der Waals surface area contributed by atoms with Crippen LogP contribution in [-0.2, 0) is 0 Å². The first-order valence-corrected chi connectivity index (χ1v) is 18.4. The number of ketones is 2. The van der Waals surface area contributed by atoms with Crippen molar-refractivity contribution in [2.24, 2.45) is 0 Å². The van der Waals surface area contributed by atoms with Crippen LogP contribution in [0.5, 0.6) is 17.2 Å². The number of benzene rings is 4. The number of hydrogen-bond acceptors (Lipinski definition) is 6. The molecular formula is C40H45NO5P+. The van der Waals surface area contributed by atoms with Crippen molar-refractivity contribution >= 4 is 34.7 Å². The first-order chi connectivity index (χ1) is 23.0. The predicted octanol–water partition coefficient (Wildman–Crippen LogP) is 7.29. The largest absolute Gasteiger partial charge is 0.497 e. The zero-order chi connectivity index (χ0) is 33.1. The van der Waals surface area contributed by atoms with E-state index in [9.17, 15) is 9.59 Å². The molecule has 0 fully saturated rings. The number of hydrogen-bond donors (Lipinski definition) is 1. The smallest absolute Gasteiger partial charge is 0.209 e. The molecule has 0 saturated heterocycles. The van der Waals surface area contributed by atoms with Crippen molar-refractivity contribution in [3.8, 4) is 17.2 Å². The van der Waals surface area contributed by atoms with Gasteiger partial charge in [0.2, 0.25) is 5.78 Å². The molecule has 0 atom stereocenters. The molecule has 0 aliphatic heterocycles. The summed E-state index contributed by atoms with van der Waals surface area (Å²) in [5.41, 5.74) is 1.38. The van der Waals surface area contributed by atoms with Crippen molar-refractivity contribution in [1.82, 2.24) is 5.32 Å². The second-order valence-corrected chi connectivity index (χ2v) is 15.4. The zero-order valence-electron chi connectivity index (χ0n) is 27.7. The standard InChI is InChI=1S/C40H44NO5P/c1-44-30-15-21-33(22-16-30)47(34-23-17-31(45-2)18-24-34,35-25-19-32(46-3)20-26-35)28-12-8-6-4-5-7-11-27-41-38-29-39(42)36-13-9-10-14-37(36)40(38)43/h9-10,13-26,29H,4-8,11-12,27-28H2,1-3H3/p+1. The minimum absolute atomic E-state index is 0.0990. The van der Waals surface area contributed by atoms with Crippen molar-refractivity contribution in [2.75, 3.05) is 34.0 Å². The van der Waals surface area contributed by atoms with Crippen molar-refractivity contribution in [1.29, 1.82) is 0 Å². The number of carbonyl (C=O) groups is 2. The molecule has 1 aliphatic rings. The van der Waals surface area contributed by atoms with E-state index in [4.69, 9.17) is 14.2 Å². The summed E-state index contributed by atoms with van der Waals surface area (Å²) in [5, 5.41) is 7.20. The summed E-state index contributed by atoms with van der Waals surface area (Å²) in [4.78, 5) is 25.2. The second-order valence-electron chi connectivity index (χ2n) is 11.8. The third kappa shape index (κ3) is 7.94.